The quantitative estimate of drug-likeness (QED) is 0.591. The third-order valence-electron chi connectivity index (χ3n) is 6.47. The van der Waals surface area contributed by atoms with Gasteiger partial charge in [0.25, 0.3) is 0 Å². The molecule has 0 spiro atoms. The Hall–Kier alpha value is -3.49. The number of nitrogens with zero attached hydrogens (tertiary/aromatic N) is 5. The van der Waals surface area contributed by atoms with Gasteiger partial charge in [-0.05, 0) is 43.2 Å². The Morgan fingerprint density at radius 1 is 0.941 bits per heavy atom. The number of nitrogens with two attached hydrogens (primary N) is 1. The third-order valence-corrected chi connectivity index (χ3v) is 6.47. The Morgan fingerprint density at radius 3 is 2.32 bits per heavy atom. The molecule has 2 heterocycles. The molecular weight excluding hydrogens is 428 g/mol. The number of anilines is 3. The Balaban J connectivity index is 1.44. The van der Waals surface area contributed by atoms with Crippen molar-refractivity contribution in [1.29, 1.82) is 0 Å². The van der Waals surface area contributed by atoms with Crippen molar-refractivity contribution in [3.05, 3.63) is 66.9 Å². The molecule has 176 valence electrons. The van der Waals surface area contributed by atoms with Gasteiger partial charge in [0.05, 0.1) is 24.6 Å². The van der Waals surface area contributed by atoms with Crippen LogP contribution in [0.5, 0.6) is 0 Å². The van der Waals surface area contributed by atoms with Crippen LogP contribution in [0.2, 0.25) is 0 Å². The Kier molecular flexibility index (Phi) is 6.69. The molecule has 1 aliphatic heterocycles. The number of ether oxygens (including phenoxy) is 1. The Morgan fingerprint density at radius 2 is 1.65 bits per heavy atom. The first-order valence-electron chi connectivity index (χ1n) is 11.9. The highest BCUT2D eigenvalue weighted by Crippen LogP contribution is 2.31. The van der Waals surface area contributed by atoms with Crippen molar-refractivity contribution in [1.82, 2.24) is 15.0 Å². The highest BCUT2D eigenvalue weighted by molar-refractivity contribution is 5.91. The number of primary amides is 1. The standard InChI is InChI=1S/C26H30N6O2/c27-25(33)31(21-6-4-5-7-21)22-12-10-20(11-13-22)24-14-15-28-26(29-24)32(23-8-2-1-3-9-23)30-16-18-34-19-17-30/h1-3,8-15,21H,4-7,16-19H2,(H2,27,33). The van der Waals surface area contributed by atoms with Gasteiger partial charge in [0.1, 0.15) is 0 Å². The summed E-state index contributed by atoms with van der Waals surface area (Å²) in [6.45, 7) is 2.87. The molecule has 1 aliphatic carbocycles. The number of amides is 2. The second kappa shape index (κ2) is 10.2. The predicted octanol–water partition coefficient (Wildman–Crippen LogP) is 4.36. The zero-order valence-electron chi connectivity index (χ0n) is 19.2. The second-order valence-electron chi connectivity index (χ2n) is 8.65. The van der Waals surface area contributed by atoms with E-state index in [2.05, 4.69) is 27.1 Å². The van der Waals surface area contributed by atoms with E-state index in [4.69, 9.17) is 15.5 Å². The molecule has 2 aromatic carbocycles. The molecule has 0 radical (unpaired) electrons. The average Bonchev–Trinajstić information content (AvgIpc) is 3.40. The van der Waals surface area contributed by atoms with Crippen LogP contribution < -0.4 is 15.6 Å². The lowest BCUT2D eigenvalue weighted by Gasteiger charge is -2.37. The first kappa shape index (κ1) is 22.3. The van der Waals surface area contributed by atoms with E-state index in [1.807, 2.05) is 48.5 Å². The van der Waals surface area contributed by atoms with Crippen LogP contribution in [-0.4, -0.2) is 53.4 Å². The molecule has 0 bridgehead atoms. The van der Waals surface area contributed by atoms with Gasteiger partial charge in [0.15, 0.2) is 0 Å². The minimum absolute atomic E-state index is 0.182. The number of para-hydroxylation sites is 1. The maximum absolute atomic E-state index is 12.2. The SMILES string of the molecule is NC(=O)N(c1ccc(-c2ccnc(N(c3ccccc3)N3CCOCC3)n2)cc1)C1CCCC1. The zero-order valence-corrected chi connectivity index (χ0v) is 19.2. The normalized spacial score (nSPS) is 16.9. The minimum atomic E-state index is -0.395. The Labute approximate surface area is 199 Å². The fourth-order valence-electron chi connectivity index (χ4n) is 4.81. The van der Waals surface area contributed by atoms with Crippen LogP contribution in [0.1, 0.15) is 25.7 Å². The molecule has 0 atom stereocenters. The molecule has 2 fully saturated rings. The lowest BCUT2D eigenvalue weighted by Crippen LogP contribution is -2.47. The molecular formula is C26H30N6O2. The summed E-state index contributed by atoms with van der Waals surface area (Å²) < 4.78 is 5.55. The Bertz CT molecular complexity index is 1100. The third kappa shape index (κ3) is 4.73. The van der Waals surface area contributed by atoms with Crippen molar-refractivity contribution in [3.63, 3.8) is 0 Å². The fourth-order valence-corrected chi connectivity index (χ4v) is 4.81. The number of hydrazine groups is 1. The van der Waals surface area contributed by atoms with Gasteiger partial charge in [-0.3, -0.25) is 4.90 Å². The molecule has 2 aliphatic rings. The van der Waals surface area contributed by atoms with Gasteiger partial charge in [-0.15, -0.1) is 0 Å². The highest BCUT2D eigenvalue weighted by atomic mass is 16.5. The van der Waals surface area contributed by atoms with Crippen molar-refractivity contribution < 1.29 is 9.53 Å². The summed E-state index contributed by atoms with van der Waals surface area (Å²) in [5, 5.41) is 4.28. The van der Waals surface area contributed by atoms with Crippen molar-refractivity contribution in [2.45, 2.75) is 31.7 Å². The van der Waals surface area contributed by atoms with Crippen molar-refractivity contribution in [2.24, 2.45) is 5.73 Å². The van der Waals surface area contributed by atoms with E-state index in [-0.39, 0.29) is 6.04 Å². The summed E-state index contributed by atoms with van der Waals surface area (Å²) in [5.74, 6) is 0.611. The number of urea groups is 1. The van der Waals surface area contributed by atoms with Crippen LogP contribution in [0.15, 0.2) is 66.9 Å². The van der Waals surface area contributed by atoms with Crippen LogP contribution in [0, 0.1) is 0 Å². The molecule has 5 rings (SSSR count). The van der Waals surface area contributed by atoms with Gasteiger partial charge in [-0.25, -0.2) is 24.8 Å². The van der Waals surface area contributed by atoms with E-state index >= 15 is 0 Å². The van der Waals surface area contributed by atoms with E-state index < -0.39 is 6.03 Å². The van der Waals surface area contributed by atoms with Crippen molar-refractivity contribution >= 4 is 23.4 Å². The van der Waals surface area contributed by atoms with Crippen LogP contribution in [0.3, 0.4) is 0 Å². The average molecular weight is 459 g/mol. The van der Waals surface area contributed by atoms with E-state index in [1.54, 1.807) is 11.1 Å². The topological polar surface area (TPSA) is 87.8 Å². The van der Waals surface area contributed by atoms with Crippen LogP contribution in [-0.2, 0) is 4.74 Å². The number of aromatic nitrogens is 2. The largest absolute Gasteiger partial charge is 0.379 e. The second-order valence-corrected chi connectivity index (χ2v) is 8.65. The molecule has 2 amide bonds. The monoisotopic (exact) mass is 458 g/mol. The summed E-state index contributed by atoms with van der Waals surface area (Å²) in [7, 11) is 0. The summed E-state index contributed by atoms with van der Waals surface area (Å²) >= 11 is 0. The van der Waals surface area contributed by atoms with Gasteiger partial charge in [0.2, 0.25) is 5.95 Å². The lowest BCUT2D eigenvalue weighted by atomic mass is 10.1. The van der Waals surface area contributed by atoms with E-state index in [0.717, 1.165) is 61.4 Å². The molecule has 1 saturated carbocycles. The summed E-state index contributed by atoms with van der Waals surface area (Å²) in [6, 6.07) is 19.7. The molecule has 8 heteroatoms. The minimum Gasteiger partial charge on any atom is -0.379 e. The van der Waals surface area contributed by atoms with Crippen molar-refractivity contribution in [3.8, 4) is 11.3 Å². The van der Waals surface area contributed by atoms with Crippen LogP contribution in [0.4, 0.5) is 22.1 Å². The number of morpholine rings is 1. The smallest absolute Gasteiger partial charge is 0.319 e. The van der Waals surface area contributed by atoms with E-state index in [9.17, 15) is 4.79 Å². The number of carbonyl (C=O) groups excluding carboxylic acids is 1. The number of benzene rings is 2. The lowest BCUT2D eigenvalue weighted by molar-refractivity contribution is 0.0371. The first-order chi connectivity index (χ1) is 16.7. The van der Waals surface area contributed by atoms with Gasteiger partial charge < -0.3 is 10.5 Å². The maximum Gasteiger partial charge on any atom is 0.319 e. The van der Waals surface area contributed by atoms with Crippen molar-refractivity contribution in [2.75, 3.05) is 36.2 Å². The number of hydrogen-bond acceptors (Lipinski definition) is 6. The summed E-state index contributed by atoms with van der Waals surface area (Å²) in [5.41, 5.74) is 9.33. The van der Waals surface area contributed by atoms with Gasteiger partial charge in [-0.2, -0.15) is 0 Å². The molecule has 1 aromatic heterocycles. The maximum atomic E-state index is 12.2. The first-order valence-corrected chi connectivity index (χ1v) is 11.9. The van der Waals surface area contributed by atoms with E-state index in [1.165, 1.54) is 0 Å². The summed E-state index contributed by atoms with van der Waals surface area (Å²) in [6.07, 6.45) is 6.05. The van der Waals surface area contributed by atoms with Gasteiger partial charge in [0, 0.05) is 36.6 Å². The molecule has 2 N–H and O–H groups in total. The van der Waals surface area contributed by atoms with Gasteiger partial charge >= 0.3 is 6.03 Å². The fraction of sp³-hybridized carbons (Fsp3) is 0.346. The number of carbonyl (C=O) groups is 1. The van der Waals surface area contributed by atoms with Crippen LogP contribution in [0.25, 0.3) is 11.3 Å². The molecule has 1 saturated heterocycles. The predicted molar refractivity (Wildman–Crippen MR) is 133 cm³/mol. The van der Waals surface area contributed by atoms with Crippen LogP contribution >= 0.6 is 0 Å². The zero-order chi connectivity index (χ0) is 23.3. The molecule has 0 unspecified atom stereocenters. The molecule has 34 heavy (non-hydrogen) atoms. The van der Waals surface area contributed by atoms with Gasteiger partial charge in [-0.1, -0.05) is 43.2 Å². The highest BCUT2D eigenvalue weighted by Gasteiger charge is 2.27. The number of rotatable bonds is 6. The molecule has 3 aromatic rings. The van der Waals surface area contributed by atoms with E-state index in [0.29, 0.717) is 19.2 Å². The molecule has 8 nitrogen and oxygen atoms in total. The number of hydrogen-bond donors (Lipinski definition) is 1. The summed E-state index contributed by atoms with van der Waals surface area (Å²) in [4.78, 5) is 23.4.